The molecule has 4 N–H and O–H groups in total. The van der Waals surface area contributed by atoms with Gasteiger partial charge in [0.2, 0.25) is 24.5 Å². The monoisotopic (exact) mass is 826 g/mol. The van der Waals surface area contributed by atoms with E-state index in [2.05, 4.69) is 60.9 Å². The predicted octanol–water partition coefficient (Wildman–Crippen LogP) is 6.45. The van der Waals surface area contributed by atoms with Crippen molar-refractivity contribution in [3.05, 3.63) is 0 Å². The van der Waals surface area contributed by atoms with E-state index in [1.165, 1.54) is 6.92 Å². The minimum absolute atomic E-state index is 0. The molecule has 0 aliphatic carbocycles. The number of ether oxygens (including phenoxy) is 3. The number of likely N-dealkylation sites (tertiary alicyclic amines) is 1. The van der Waals surface area contributed by atoms with Crippen molar-refractivity contribution in [2.24, 2.45) is 11.8 Å². The molecule has 3 amide bonds. The number of carbonyl (C=O) groups excluding carboxylic acids is 7. The van der Waals surface area contributed by atoms with Crippen LogP contribution in [0.2, 0.25) is 0 Å². The molecule has 1 rings (SSSR count). The van der Waals surface area contributed by atoms with Gasteiger partial charge in [-0.15, -0.1) is 0 Å². The van der Waals surface area contributed by atoms with Crippen molar-refractivity contribution in [1.82, 2.24) is 26.2 Å². The van der Waals surface area contributed by atoms with Crippen LogP contribution in [0.15, 0.2) is 0 Å². The van der Waals surface area contributed by atoms with Crippen LogP contribution in [-0.4, -0.2) is 109 Å². The van der Waals surface area contributed by atoms with Gasteiger partial charge >= 0.3 is 17.9 Å². The summed E-state index contributed by atoms with van der Waals surface area (Å²) >= 11 is 0. The van der Waals surface area contributed by atoms with E-state index in [0.29, 0.717) is 12.8 Å². The molecule has 344 valence electrons. The van der Waals surface area contributed by atoms with Crippen LogP contribution < -0.4 is 21.3 Å². The SMILES string of the molecule is C.C.C.C.C.C.C.C.CNC(CNC(=O)CC(=O)NC(CC(C)C)C(=O)OCOC(=O)C(CC(C)C)NC(=O)CC(C)=O)C(=O)OC1CC(C)(C)N(C)C(C)(C)C1. The first-order chi connectivity index (χ1) is 22.6. The van der Waals surface area contributed by atoms with Crippen LogP contribution in [0.25, 0.3) is 0 Å². The van der Waals surface area contributed by atoms with Gasteiger partial charge in [-0.3, -0.25) is 28.9 Å². The first kappa shape index (κ1) is 71.1. The van der Waals surface area contributed by atoms with Gasteiger partial charge in [0.05, 0.1) is 6.42 Å². The van der Waals surface area contributed by atoms with Crippen molar-refractivity contribution in [1.29, 1.82) is 0 Å². The molecule has 0 aromatic rings. The number of hydrogen-bond acceptors (Lipinski definition) is 12. The molecule has 0 bridgehead atoms. The smallest absolute Gasteiger partial charge is 0.331 e. The molecule has 1 aliphatic rings. The third-order valence-corrected chi connectivity index (χ3v) is 8.48. The van der Waals surface area contributed by atoms with Crippen LogP contribution in [-0.2, 0) is 47.8 Å². The molecule has 0 aromatic carbocycles. The lowest BCUT2D eigenvalue weighted by Gasteiger charge is -2.53. The topological polar surface area (TPSA) is 199 Å². The number of piperidine rings is 1. The molecule has 57 heavy (non-hydrogen) atoms. The number of nitrogens with zero attached hydrogens (tertiary/aromatic N) is 1. The number of nitrogens with one attached hydrogen (secondary N) is 4. The molecule has 1 heterocycles. The summed E-state index contributed by atoms with van der Waals surface area (Å²) in [5.74, 6) is -4.69. The number of Topliss-reactive ketones (excluding diaryl/α,β-unsaturated/α-hetero) is 1. The van der Waals surface area contributed by atoms with Crippen LogP contribution in [0.3, 0.4) is 0 Å². The summed E-state index contributed by atoms with van der Waals surface area (Å²) in [6.07, 6.45) is 0.421. The number of carbonyl (C=O) groups is 7. The van der Waals surface area contributed by atoms with E-state index in [1.807, 2.05) is 27.7 Å². The summed E-state index contributed by atoms with van der Waals surface area (Å²) in [4.78, 5) is 89.3. The second-order valence-corrected chi connectivity index (χ2v) is 14.9. The van der Waals surface area contributed by atoms with Crippen molar-refractivity contribution < 1.29 is 47.8 Å². The van der Waals surface area contributed by atoms with E-state index in [4.69, 9.17) is 14.2 Å². The zero-order chi connectivity index (χ0) is 37.7. The van der Waals surface area contributed by atoms with Crippen molar-refractivity contribution in [2.45, 2.75) is 196 Å². The van der Waals surface area contributed by atoms with Crippen LogP contribution in [0.5, 0.6) is 0 Å². The molecular formula is C42H91N5O10. The Morgan fingerprint density at radius 2 is 1.02 bits per heavy atom. The van der Waals surface area contributed by atoms with Crippen molar-refractivity contribution in [3.8, 4) is 0 Å². The molecule has 1 fully saturated rings. The molecule has 0 radical (unpaired) electrons. The zero-order valence-electron chi connectivity index (χ0n) is 31.2. The summed E-state index contributed by atoms with van der Waals surface area (Å²) in [5, 5.41) is 10.4. The normalized spacial score (nSPS) is 15.2. The molecule has 3 unspecified atom stereocenters. The summed E-state index contributed by atoms with van der Waals surface area (Å²) in [5.41, 5.74) is -0.359. The molecule has 0 aromatic heterocycles. The number of amides is 3. The van der Waals surface area contributed by atoms with Crippen LogP contribution >= 0.6 is 0 Å². The Kier molecular flexibility index (Phi) is 40.4. The minimum Gasteiger partial charge on any atom is -0.461 e. The Labute approximate surface area is 349 Å². The van der Waals surface area contributed by atoms with Crippen LogP contribution in [0.1, 0.15) is 160 Å². The number of likely N-dealkylation sites (N-methyl/N-ethyl adjacent to an activating group) is 1. The highest BCUT2D eigenvalue weighted by atomic mass is 16.7. The van der Waals surface area contributed by atoms with Gasteiger partial charge in [0.1, 0.15) is 36.4 Å². The van der Waals surface area contributed by atoms with Crippen LogP contribution in [0, 0.1) is 11.8 Å². The number of esters is 3. The van der Waals surface area contributed by atoms with Gasteiger partial charge in [0.25, 0.3) is 0 Å². The minimum atomic E-state index is -1.14. The van der Waals surface area contributed by atoms with E-state index < -0.39 is 67.0 Å². The third kappa shape index (κ3) is 26.1. The fraction of sp³-hybridized carbons (Fsp3) is 0.833. The maximum atomic E-state index is 13.0. The lowest BCUT2D eigenvalue weighted by atomic mass is 9.79. The fourth-order valence-electron chi connectivity index (χ4n) is 5.77. The zero-order valence-corrected chi connectivity index (χ0v) is 31.2. The van der Waals surface area contributed by atoms with Gasteiger partial charge in [-0.2, -0.15) is 0 Å². The van der Waals surface area contributed by atoms with Gasteiger partial charge < -0.3 is 35.5 Å². The Balaban J connectivity index is -0.000000500. The van der Waals surface area contributed by atoms with E-state index in [9.17, 15) is 33.6 Å². The maximum Gasteiger partial charge on any atom is 0.331 e. The predicted molar refractivity (Wildman–Crippen MR) is 234 cm³/mol. The Hall–Kier alpha value is -3.59. The average Bonchev–Trinajstić information content (AvgIpc) is 2.94. The average molecular weight is 826 g/mol. The highest BCUT2D eigenvalue weighted by molar-refractivity contribution is 5.99. The van der Waals surface area contributed by atoms with E-state index in [0.717, 1.165) is 0 Å². The third-order valence-electron chi connectivity index (χ3n) is 8.48. The second kappa shape index (κ2) is 32.4. The Morgan fingerprint density at radius 1 is 0.632 bits per heavy atom. The lowest BCUT2D eigenvalue weighted by molar-refractivity contribution is -0.172. The molecule has 1 saturated heterocycles. The molecule has 0 saturated carbocycles. The van der Waals surface area contributed by atoms with E-state index in [-0.39, 0.29) is 120 Å². The Morgan fingerprint density at radius 3 is 1.37 bits per heavy atom. The van der Waals surface area contributed by atoms with Crippen molar-refractivity contribution in [3.63, 3.8) is 0 Å². The molecule has 3 atom stereocenters. The van der Waals surface area contributed by atoms with Crippen molar-refractivity contribution >= 4 is 41.4 Å². The van der Waals surface area contributed by atoms with E-state index >= 15 is 0 Å². The van der Waals surface area contributed by atoms with E-state index in [1.54, 1.807) is 7.05 Å². The molecule has 1 aliphatic heterocycles. The van der Waals surface area contributed by atoms with Crippen LogP contribution in [0.4, 0.5) is 0 Å². The number of ketones is 1. The van der Waals surface area contributed by atoms with Gasteiger partial charge in [-0.1, -0.05) is 87.1 Å². The molecule has 15 heteroatoms. The summed E-state index contributed by atoms with van der Waals surface area (Å²) in [6, 6.07) is -3.02. The molecule has 15 nitrogen and oxygen atoms in total. The largest absolute Gasteiger partial charge is 0.461 e. The lowest BCUT2D eigenvalue weighted by Crippen LogP contribution is -2.60. The second-order valence-electron chi connectivity index (χ2n) is 14.9. The fourth-order valence-corrected chi connectivity index (χ4v) is 5.77. The summed E-state index contributed by atoms with van der Waals surface area (Å²) < 4.78 is 16.0. The highest BCUT2D eigenvalue weighted by Gasteiger charge is 2.44. The maximum absolute atomic E-state index is 13.0. The number of hydrogen-bond donors (Lipinski definition) is 4. The first-order valence-corrected chi connectivity index (χ1v) is 16.9. The van der Waals surface area contributed by atoms with Gasteiger partial charge in [-0.25, -0.2) is 9.59 Å². The van der Waals surface area contributed by atoms with Gasteiger partial charge in [-0.05, 0) is 73.4 Å². The molecular weight excluding hydrogens is 734 g/mol. The first-order valence-electron chi connectivity index (χ1n) is 16.9. The Bertz CT molecular complexity index is 1170. The highest BCUT2D eigenvalue weighted by Crippen LogP contribution is 2.38. The number of rotatable bonds is 19. The molecule has 0 spiro atoms. The summed E-state index contributed by atoms with van der Waals surface area (Å²) in [6.45, 7) is 16.1. The quantitative estimate of drug-likeness (QED) is 0.0632. The van der Waals surface area contributed by atoms with Crippen molar-refractivity contribution in [2.75, 3.05) is 27.4 Å². The summed E-state index contributed by atoms with van der Waals surface area (Å²) in [7, 11) is 3.63. The van der Waals surface area contributed by atoms with Gasteiger partial charge in [0.15, 0.2) is 0 Å². The van der Waals surface area contributed by atoms with Gasteiger partial charge in [0, 0.05) is 30.5 Å². The standard InChI is InChI=1S/C34H59N5O10.8CH4/c1-20(2)12-24(37-28(42)14-22(5)40)30(44)47-19-48-31(45)25(13-21(3)4)38-29(43)15-27(41)36-18-26(35-10)32(46)49-23-16-33(6,7)39(11)34(8,9)17-23;;;;;;;;/h20-21,23-26,35H,12-19H2,1-11H3,(H,36,41)(H,37,42)(H,38,43);8*1H4.